The first-order chi connectivity index (χ1) is 15.7. The number of halogens is 2. The maximum Gasteiger partial charge on any atom is 0.338 e. The molecule has 0 atom stereocenters. The average molecular weight is 507 g/mol. The van der Waals surface area contributed by atoms with E-state index in [9.17, 15) is 18.3 Å². The highest BCUT2D eigenvalue weighted by atomic mass is 35.5. The van der Waals surface area contributed by atoms with Crippen LogP contribution in [0.1, 0.15) is 27.9 Å². The summed E-state index contributed by atoms with van der Waals surface area (Å²) in [4.78, 5) is 11.6. The lowest BCUT2D eigenvalue weighted by atomic mass is 10.0. The number of hydrogen-bond acceptors (Lipinski definition) is 5. The van der Waals surface area contributed by atoms with E-state index in [1.807, 2.05) is 30.3 Å². The van der Waals surface area contributed by atoms with Gasteiger partial charge in [-0.15, -0.1) is 0 Å². The van der Waals surface area contributed by atoms with Crippen molar-refractivity contribution in [2.24, 2.45) is 0 Å². The van der Waals surface area contributed by atoms with Gasteiger partial charge in [-0.3, -0.25) is 0 Å². The molecule has 1 aliphatic rings. The maximum absolute atomic E-state index is 12.2. The van der Waals surface area contributed by atoms with Crippen molar-refractivity contribution in [1.82, 2.24) is 4.72 Å². The number of carbonyl (C=O) groups is 1. The standard InChI is InChI=1S/C23H20Cl2N2O5S/c1-26-33(30,31)15-11-16(23(28)29)22-21(12-15)32-20-10-14(6-8-19(20)27-22)4-2-3-13-5-7-17(24)18(25)9-13/h5-12,26-27H,2-4H2,1H3,(H,28,29). The van der Waals surface area contributed by atoms with Crippen LogP contribution < -0.4 is 14.8 Å². The van der Waals surface area contributed by atoms with Gasteiger partial charge in [0.2, 0.25) is 10.0 Å². The van der Waals surface area contributed by atoms with Crippen LogP contribution in [0, 0.1) is 0 Å². The Morgan fingerprint density at radius 1 is 1.00 bits per heavy atom. The summed E-state index contributed by atoms with van der Waals surface area (Å²) in [6.45, 7) is 0. The minimum Gasteiger partial charge on any atom is -0.478 e. The molecule has 0 bridgehead atoms. The lowest BCUT2D eigenvalue weighted by molar-refractivity contribution is 0.0697. The molecule has 3 aromatic carbocycles. The molecule has 4 rings (SSSR count). The zero-order valence-electron chi connectivity index (χ0n) is 17.5. The molecule has 0 aliphatic carbocycles. The molecule has 1 heterocycles. The molecule has 172 valence electrons. The van der Waals surface area contributed by atoms with Crippen molar-refractivity contribution < 1.29 is 23.1 Å². The van der Waals surface area contributed by atoms with Crippen LogP contribution in [-0.2, 0) is 22.9 Å². The van der Waals surface area contributed by atoms with Crippen molar-refractivity contribution in [3.63, 3.8) is 0 Å². The molecule has 0 aromatic heterocycles. The van der Waals surface area contributed by atoms with Crippen molar-refractivity contribution in [3.8, 4) is 11.5 Å². The molecule has 0 spiro atoms. The average Bonchev–Trinajstić information content (AvgIpc) is 2.79. The number of carboxylic acid groups (broad SMARTS) is 1. The highest BCUT2D eigenvalue weighted by Gasteiger charge is 2.26. The van der Waals surface area contributed by atoms with Gasteiger partial charge in [0.15, 0.2) is 11.5 Å². The van der Waals surface area contributed by atoms with Gasteiger partial charge in [-0.25, -0.2) is 17.9 Å². The Morgan fingerprint density at radius 2 is 1.70 bits per heavy atom. The Balaban J connectivity index is 1.55. The quantitative estimate of drug-likeness (QED) is 0.300. The van der Waals surface area contributed by atoms with Crippen molar-refractivity contribution in [3.05, 3.63) is 75.3 Å². The molecule has 3 N–H and O–H groups in total. The minimum absolute atomic E-state index is 0.129. The van der Waals surface area contributed by atoms with Crippen LogP contribution in [0.25, 0.3) is 0 Å². The number of anilines is 2. The Kier molecular flexibility index (Phi) is 6.54. The van der Waals surface area contributed by atoms with Gasteiger partial charge in [-0.05, 0) is 67.8 Å². The van der Waals surface area contributed by atoms with Crippen LogP contribution in [0.2, 0.25) is 10.0 Å². The number of sulfonamides is 1. The third-order valence-corrected chi connectivity index (χ3v) is 7.46. The molecule has 1 aliphatic heterocycles. The van der Waals surface area contributed by atoms with Crippen molar-refractivity contribution in [2.75, 3.05) is 12.4 Å². The van der Waals surface area contributed by atoms with Crippen molar-refractivity contribution in [2.45, 2.75) is 24.2 Å². The summed E-state index contributed by atoms with van der Waals surface area (Å²) in [5.74, 6) is -0.646. The summed E-state index contributed by atoms with van der Waals surface area (Å²) in [6, 6.07) is 13.6. The van der Waals surface area contributed by atoms with Crippen LogP contribution in [0.15, 0.2) is 53.4 Å². The first-order valence-electron chi connectivity index (χ1n) is 10.0. The Labute approximate surface area is 201 Å². The molecule has 0 amide bonds. The SMILES string of the molecule is CNS(=O)(=O)c1cc2c(c(C(=O)O)c1)Nc1ccc(CCCc3ccc(Cl)c(Cl)c3)cc1O2. The van der Waals surface area contributed by atoms with Crippen LogP contribution in [0.3, 0.4) is 0 Å². The molecule has 0 saturated heterocycles. The predicted molar refractivity (Wildman–Crippen MR) is 128 cm³/mol. The summed E-state index contributed by atoms with van der Waals surface area (Å²) < 4.78 is 32.6. The van der Waals surface area contributed by atoms with Gasteiger partial charge in [0.1, 0.15) is 0 Å². The third kappa shape index (κ3) is 4.94. The molecule has 3 aromatic rings. The van der Waals surface area contributed by atoms with E-state index in [0.29, 0.717) is 21.5 Å². The zero-order chi connectivity index (χ0) is 23.8. The Hall–Kier alpha value is -2.78. The number of rotatable bonds is 7. The van der Waals surface area contributed by atoms with E-state index < -0.39 is 16.0 Å². The second-order valence-corrected chi connectivity index (χ2v) is 10.2. The molecular weight excluding hydrogens is 487 g/mol. The summed E-state index contributed by atoms with van der Waals surface area (Å²) >= 11 is 12.0. The molecule has 33 heavy (non-hydrogen) atoms. The number of aromatic carboxylic acids is 1. The predicted octanol–water partition coefficient (Wildman–Crippen LogP) is 5.62. The van der Waals surface area contributed by atoms with E-state index in [4.69, 9.17) is 27.9 Å². The van der Waals surface area contributed by atoms with Crippen molar-refractivity contribution >= 4 is 50.6 Å². The van der Waals surface area contributed by atoms with Crippen LogP contribution in [0.5, 0.6) is 11.5 Å². The summed E-state index contributed by atoms with van der Waals surface area (Å²) in [5, 5.41) is 13.7. The van der Waals surface area contributed by atoms with Crippen LogP contribution in [0.4, 0.5) is 11.4 Å². The molecule has 0 radical (unpaired) electrons. The van der Waals surface area contributed by atoms with Gasteiger partial charge in [0.05, 0.1) is 31.9 Å². The van der Waals surface area contributed by atoms with Gasteiger partial charge in [0, 0.05) is 6.07 Å². The first kappa shape index (κ1) is 23.4. The topological polar surface area (TPSA) is 105 Å². The van der Waals surface area contributed by atoms with Crippen LogP contribution >= 0.6 is 23.2 Å². The largest absolute Gasteiger partial charge is 0.478 e. The van der Waals surface area contributed by atoms with Gasteiger partial charge >= 0.3 is 5.97 Å². The van der Waals surface area contributed by atoms with E-state index in [0.717, 1.165) is 36.5 Å². The monoisotopic (exact) mass is 506 g/mol. The smallest absolute Gasteiger partial charge is 0.338 e. The molecule has 0 fully saturated rings. The van der Waals surface area contributed by atoms with Crippen LogP contribution in [-0.4, -0.2) is 26.5 Å². The minimum atomic E-state index is -3.86. The first-order valence-corrected chi connectivity index (χ1v) is 12.3. The molecule has 7 nitrogen and oxygen atoms in total. The van der Waals surface area contributed by atoms with Crippen molar-refractivity contribution in [1.29, 1.82) is 0 Å². The fourth-order valence-electron chi connectivity index (χ4n) is 3.60. The lowest BCUT2D eigenvalue weighted by Gasteiger charge is -2.24. The zero-order valence-corrected chi connectivity index (χ0v) is 19.8. The van der Waals surface area contributed by atoms with Gasteiger partial charge < -0.3 is 15.2 Å². The number of aryl methyl sites for hydroxylation is 2. The molecule has 0 saturated carbocycles. The number of hydrogen-bond donors (Lipinski definition) is 3. The van der Waals surface area contributed by atoms with E-state index >= 15 is 0 Å². The van der Waals surface area contributed by atoms with Gasteiger partial charge in [-0.2, -0.15) is 0 Å². The molecule has 0 unspecified atom stereocenters. The maximum atomic E-state index is 12.2. The second-order valence-electron chi connectivity index (χ2n) is 7.52. The summed E-state index contributed by atoms with van der Waals surface area (Å²) in [7, 11) is -2.60. The van der Waals surface area contributed by atoms with E-state index in [-0.39, 0.29) is 21.9 Å². The molecule has 10 heteroatoms. The highest BCUT2D eigenvalue weighted by Crippen LogP contribution is 2.45. The number of nitrogens with one attached hydrogen (secondary N) is 2. The van der Waals surface area contributed by atoms with Gasteiger partial charge in [0.25, 0.3) is 0 Å². The Morgan fingerprint density at radius 3 is 2.36 bits per heavy atom. The Bertz CT molecular complexity index is 1360. The number of fused-ring (bicyclic) bond motifs is 2. The fraction of sp³-hybridized carbons (Fsp3) is 0.174. The number of carboxylic acids is 1. The van der Waals surface area contributed by atoms with Gasteiger partial charge in [-0.1, -0.05) is 35.3 Å². The second kappa shape index (κ2) is 9.23. The number of benzene rings is 3. The summed E-state index contributed by atoms with van der Waals surface area (Å²) in [6.07, 6.45) is 2.47. The lowest BCUT2D eigenvalue weighted by Crippen LogP contribution is -2.20. The van der Waals surface area contributed by atoms with E-state index in [1.54, 1.807) is 6.07 Å². The number of ether oxygens (including phenoxy) is 1. The normalized spacial score (nSPS) is 12.3. The highest BCUT2D eigenvalue weighted by molar-refractivity contribution is 7.89. The fourth-order valence-corrected chi connectivity index (χ4v) is 4.69. The summed E-state index contributed by atoms with van der Waals surface area (Å²) in [5.41, 5.74) is 2.72. The van der Waals surface area contributed by atoms with E-state index in [1.165, 1.54) is 13.1 Å². The van der Waals surface area contributed by atoms with E-state index in [2.05, 4.69) is 10.0 Å². The molecular formula is C23H20Cl2N2O5S. The third-order valence-electron chi connectivity index (χ3n) is 5.33.